The van der Waals surface area contributed by atoms with Crippen molar-refractivity contribution in [3.05, 3.63) is 59.5 Å². The summed E-state index contributed by atoms with van der Waals surface area (Å²) in [5, 5.41) is 5.98. The van der Waals surface area contributed by atoms with E-state index in [1.807, 2.05) is 41.8 Å². The van der Waals surface area contributed by atoms with Gasteiger partial charge in [0.2, 0.25) is 11.8 Å². The molecule has 1 aromatic heterocycles. The summed E-state index contributed by atoms with van der Waals surface area (Å²) >= 11 is 1.62. The average Bonchev–Trinajstić information content (AvgIpc) is 3.40. The molecule has 0 aliphatic carbocycles. The van der Waals surface area contributed by atoms with Crippen LogP contribution >= 0.6 is 11.3 Å². The van der Waals surface area contributed by atoms with Crippen molar-refractivity contribution < 1.29 is 14.3 Å². The Hall–Kier alpha value is -3.03. The molecule has 1 atom stereocenters. The van der Waals surface area contributed by atoms with Crippen LogP contribution in [-0.4, -0.2) is 48.5 Å². The maximum atomic E-state index is 12.6. The molecule has 3 aromatic rings. The van der Waals surface area contributed by atoms with E-state index in [1.54, 1.807) is 23.3 Å². The highest BCUT2D eigenvalue weighted by Gasteiger charge is 2.33. The van der Waals surface area contributed by atoms with Crippen LogP contribution < -0.4 is 5.32 Å². The lowest BCUT2D eigenvalue weighted by atomic mass is 10.1. The largest absolute Gasteiger partial charge is 0.383 e. The molecule has 4 rings (SSSR count). The van der Waals surface area contributed by atoms with E-state index in [1.165, 1.54) is 5.56 Å². The molecule has 1 aliphatic heterocycles. The monoisotopic (exact) mass is 435 g/mol. The molecule has 0 radical (unpaired) electrons. The van der Waals surface area contributed by atoms with E-state index in [-0.39, 0.29) is 24.2 Å². The molecule has 2 heterocycles. The van der Waals surface area contributed by atoms with Gasteiger partial charge in [0, 0.05) is 48.8 Å². The summed E-state index contributed by atoms with van der Waals surface area (Å²) < 4.78 is 5.02. The smallest absolute Gasteiger partial charge is 0.229 e. The predicted molar refractivity (Wildman–Crippen MR) is 123 cm³/mol. The number of aromatic nitrogens is 1. The molecular weight excluding hydrogens is 410 g/mol. The van der Waals surface area contributed by atoms with Gasteiger partial charge in [-0.25, -0.2) is 4.98 Å². The summed E-state index contributed by atoms with van der Waals surface area (Å²) in [4.78, 5) is 31.1. The zero-order valence-electron chi connectivity index (χ0n) is 17.6. The molecule has 2 amide bonds. The maximum Gasteiger partial charge on any atom is 0.229 e. The highest BCUT2D eigenvalue weighted by Crippen LogP contribution is 2.31. The number of hydrogen-bond acceptors (Lipinski definition) is 5. The van der Waals surface area contributed by atoms with E-state index >= 15 is 0 Å². The number of carbonyl (C=O) groups is 2. The Morgan fingerprint density at radius 2 is 2.00 bits per heavy atom. The molecular formula is C24H25N3O3S. The predicted octanol–water partition coefficient (Wildman–Crippen LogP) is 4.22. The molecule has 1 N–H and O–H groups in total. The fourth-order valence-electron chi connectivity index (χ4n) is 3.68. The Morgan fingerprint density at radius 3 is 2.74 bits per heavy atom. The molecule has 31 heavy (non-hydrogen) atoms. The van der Waals surface area contributed by atoms with E-state index in [4.69, 9.17) is 9.72 Å². The van der Waals surface area contributed by atoms with Gasteiger partial charge >= 0.3 is 0 Å². The zero-order chi connectivity index (χ0) is 21.8. The normalized spacial score (nSPS) is 16.0. The summed E-state index contributed by atoms with van der Waals surface area (Å²) in [6, 6.07) is 15.9. The fraction of sp³-hybridized carbons (Fsp3) is 0.292. The topological polar surface area (TPSA) is 71.5 Å². The Morgan fingerprint density at radius 1 is 1.23 bits per heavy atom. The van der Waals surface area contributed by atoms with Crippen LogP contribution in [0.1, 0.15) is 12.0 Å². The number of nitrogens with one attached hydrogen (secondary N) is 1. The molecule has 1 saturated heterocycles. The quantitative estimate of drug-likeness (QED) is 0.603. The summed E-state index contributed by atoms with van der Waals surface area (Å²) in [7, 11) is 1.60. The lowest BCUT2D eigenvalue weighted by Crippen LogP contribution is -2.30. The Bertz CT molecular complexity index is 1080. The van der Waals surface area contributed by atoms with Crippen molar-refractivity contribution in [1.29, 1.82) is 0 Å². The van der Waals surface area contributed by atoms with E-state index in [0.29, 0.717) is 25.4 Å². The lowest BCUT2D eigenvalue weighted by Gasteiger charge is -2.15. The van der Waals surface area contributed by atoms with Crippen molar-refractivity contribution in [2.24, 2.45) is 5.92 Å². The number of anilines is 1. The standard InChI is InChI=1S/C24H25N3O3S/c1-16-5-3-4-6-20(16)24-26-21(15-31-24)17-7-9-19(10-8-17)25-23(29)18-13-22(28)27(14-18)11-12-30-2/h3-10,15,18H,11-14H2,1-2H3,(H,25,29). The van der Waals surface area contributed by atoms with Gasteiger partial charge < -0.3 is 15.0 Å². The van der Waals surface area contributed by atoms with Gasteiger partial charge in [-0.15, -0.1) is 11.3 Å². The molecule has 160 valence electrons. The molecule has 0 saturated carbocycles. The second-order valence-corrected chi connectivity index (χ2v) is 8.51. The summed E-state index contributed by atoms with van der Waals surface area (Å²) in [6.45, 7) is 3.52. The number of nitrogens with zero attached hydrogens (tertiary/aromatic N) is 2. The van der Waals surface area contributed by atoms with Crippen molar-refractivity contribution in [2.75, 3.05) is 32.1 Å². The van der Waals surface area contributed by atoms with Crippen LogP contribution in [0, 0.1) is 12.8 Å². The van der Waals surface area contributed by atoms with Gasteiger partial charge in [0.05, 0.1) is 18.2 Å². The molecule has 1 aliphatic rings. The summed E-state index contributed by atoms with van der Waals surface area (Å²) in [6.07, 6.45) is 0.244. The van der Waals surface area contributed by atoms with Crippen LogP contribution in [0.4, 0.5) is 5.69 Å². The number of amides is 2. The zero-order valence-corrected chi connectivity index (χ0v) is 18.4. The Labute approximate surface area is 185 Å². The molecule has 1 fully saturated rings. The van der Waals surface area contributed by atoms with E-state index in [0.717, 1.165) is 21.8 Å². The number of likely N-dealkylation sites (tertiary alicyclic amines) is 1. The van der Waals surface area contributed by atoms with Crippen LogP contribution in [0.15, 0.2) is 53.9 Å². The summed E-state index contributed by atoms with van der Waals surface area (Å²) in [5.74, 6) is -0.462. The molecule has 2 aromatic carbocycles. The van der Waals surface area contributed by atoms with E-state index in [9.17, 15) is 9.59 Å². The first-order chi connectivity index (χ1) is 15.0. The molecule has 7 heteroatoms. The minimum Gasteiger partial charge on any atom is -0.383 e. The van der Waals surface area contributed by atoms with Crippen molar-refractivity contribution in [3.63, 3.8) is 0 Å². The fourth-order valence-corrected chi connectivity index (χ4v) is 4.60. The minimum atomic E-state index is -0.334. The SMILES string of the molecule is COCCN1CC(C(=O)Nc2ccc(-c3csc(-c4ccccc4C)n3)cc2)CC1=O. The number of methoxy groups -OCH3 is 1. The van der Waals surface area contributed by atoms with Crippen molar-refractivity contribution in [1.82, 2.24) is 9.88 Å². The first-order valence-electron chi connectivity index (χ1n) is 10.2. The van der Waals surface area contributed by atoms with Gasteiger partial charge in [0.1, 0.15) is 5.01 Å². The number of benzene rings is 2. The van der Waals surface area contributed by atoms with E-state index in [2.05, 4.69) is 24.4 Å². The third-order valence-electron chi connectivity index (χ3n) is 5.48. The van der Waals surface area contributed by atoms with Gasteiger partial charge in [-0.2, -0.15) is 0 Å². The number of carbonyl (C=O) groups excluding carboxylic acids is 2. The highest BCUT2D eigenvalue weighted by molar-refractivity contribution is 7.13. The maximum absolute atomic E-state index is 12.6. The first-order valence-corrected chi connectivity index (χ1v) is 11.1. The highest BCUT2D eigenvalue weighted by atomic mass is 32.1. The van der Waals surface area contributed by atoms with Gasteiger partial charge in [0.25, 0.3) is 0 Å². The van der Waals surface area contributed by atoms with Crippen molar-refractivity contribution >= 4 is 28.8 Å². The summed E-state index contributed by atoms with van der Waals surface area (Å²) in [5.41, 5.74) is 4.97. The van der Waals surface area contributed by atoms with Crippen LogP contribution in [0.2, 0.25) is 0 Å². The number of thiazole rings is 1. The number of ether oxygens (including phenoxy) is 1. The van der Waals surface area contributed by atoms with Crippen molar-refractivity contribution in [3.8, 4) is 21.8 Å². The Balaban J connectivity index is 1.40. The van der Waals surface area contributed by atoms with Gasteiger partial charge in [-0.1, -0.05) is 36.4 Å². The van der Waals surface area contributed by atoms with Crippen LogP contribution in [0.5, 0.6) is 0 Å². The van der Waals surface area contributed by atoms with Gasteiger partial charge in [0.15, 0.2) is 0 Å². The number of aryl methyl sites for hydroxylation is 1. The second-order valence-electron chi connectivity index (χ2n) is 7.65. The van der Waals surface area contributed by atoms with Crippen LogP contribution in [-0.2, 0) is 14.3 Å². The third kappa shape index (κ3) is 4.84. The average molecular weight is 436 g/mol. The molecule has 6 nitrogen and oxygen atoms in total. The number of hydrogen-bond donors (Lipinski definition) is 1. The van der Waals surface area contributed by atoms with Crippen molar-refractivity contribution in [2.45, 2.75) is 13.3 Å². The van der Waals surface area contributed by atoms with Gasteiger partial charge in [-0.3, -0.25) is 9.59 Å². The molecule has 0 bridgehead atoms. The van der Waals surface area contributed by atoms with E-state index < -0.39 is 0 Å². The van der Waals surface area contributed by atoms with Gasteiger partial charge in [-0.05, 0) is 24.6 Å². The molecule has 1 unspecified atom stereocenters. The Kier molecular flexibility index (Phi) is 6.44. The lowest BCUT2D eigenvalue weighted by molar-refractivity contribution is -0.128. The second kappa shape index (κ2) is 9.41. The third-order valence-corrected chi connectivity index (χ3v) is 6.35. The first kappa shape index (κ1) is 21.2. The number of rotatable bonds is 7. The van der Waals surface area contributed by atoms with Crippen LogP contribution in [0.25, 0.3) is 21.8 Å². The molecule has 0 spiro atoms. The minimum absolute atomic E-state index is 0.000497. The van der Waals surface area contributed by atoms with Crippen LogP contribution in [0.3, 0.4) is 0 Å².